The molecular weight excluding hydrogens is 537 g/mol. The monoisotopic (exact) mass is 561 g/mol. The summed E-state index contributed by atoms with van der Waals surface area (Å²) in [4.78, 5) is 24.9. The molecule has 38 heavy (non-hydrogen) atoms. The molecule has 0 bridgehead atoms. The summed E-state index contributed by atoms with van der Waals surface area (Å²) in [6.45, 7) is 1.96. The van der Waals surface area contributed by atoms with Crippen LogP contribution in [-0.4, -0.2) is 67.9 Å². The normalized spacial score (nSPS) is 16.0. The number of benzene rings is 2. The van der Waals surface area contributed by atoms with Crippen molar-refractivity contribution in [1.82, 2.24) is 14.9 Å². The van der Waals surface area contributed by atoms with Gasteiger partial charge in [-0.1, -0.05) is 23.7 Å². The highest BCUT2D eigenvalue weighted by Gasteiger charge is 2.33. The fourth-order valence-electron chi connectivity index (χ4n) is 4.50. The molecule has 1 aromatic heterocycles. The Morgan fingerprint density at radius 2 is 1.92 bits per heavy atom. The van der Waals surface area contributed by atoms with Crippen molar-refractivity contribution < 1.29 is 27.1 Å². The summed E-state index contributed by atoms with van der Waals surface area (Å²) >= 11 is 6.10. The number of nitrogens with zero attached hydrogens (tertiary/aromatic N) is 4. The fraction of sp³-hybridized carbons (Fsp3) is 0.320. The van der Waals surface area contributed by atoms with Gasteiger partial charge in [-0.15, -0.1) is 0 Å². The number of aromatic nitrogens is 2. The van der Waals surface area contributed by atoms with Crippen LogP contribution in [0.4, 0.5) is 26.5 Å². The molecule has 2 aromatic carbocycles. The van der Waals surface area contributed by atoms with Crippen LogP contribution in [0, 0.1) is 5.82 Å². The van der Waals surface area contributed by atoms with Gasteiger partial charge in [0.25, 0.3) is 0 Å². The van der Waals surface area contributed by atoms with Crippen molar-refractivity contribution in [3.63, 3.8) is 0 Å². The molecule has 0 spiro atoms. The first kappa shape index (κ1) is 26.0. The number of para-hydroxylation sites is 1. The van der Waals surface area contributed by atoms with E-state index in [-0.39, 0.29) is 22.4 Å². The molecule has 1 amide bonds. The highest BCUT2D eigenvalue weighted by atomic mass is 35.5. The van der Waals surface area contributed by atoms with E-state index < -0.39 is 21.7 Å². The van der Waals surface area contributed by atoms with Gasteiger partial charge in [0.05, 0.1) is 22.2 Å². The zero-order valence-corrected chi connectivity index (χ0v) is 22.0. The molecule has 0 atom stereocenters. The topological polar surface area (TPSA) is 114 Å². The van der Waals surface area contributed by atoms with E-state index in [0.29, 0.717) is 61.4 Å². The van der Waals surface area contributed by atoms with Crippen molar-refractivity contribution in [2.75, 3.05) is 42.7 Å². The molecule has 3 heterocycles. The summed E-state index contributed by atoms with van der Waals surface area (Å²) in [5, 5.41) is 3.27. The molecule has 1 fully saturated rings. The maximum absolute atomic E-state index is 14.7. The minimum absolute atomic E-state index is 0.0596. The molecule has 0 unspecified atom stereocenters. The molecule has 5 rings (SSSR count). The Hall–Kier alpha value is -3.64. The molecule has 3 aromatic rings. The van der Waals surface area contributed by atoms with Gasteiger partial charge in [0.1, 0.15) is 18.8 Å². The lowest BCUT2D eigenvalue weighted by Gasteiger charge is -2.41. The molecular formula is C25H25ClFN5O5S. The summed E-state index contributed by atoms with van der Waals surface area (Å²) in [7, 11) is -3.54. The first-order valence-corrected chi connectivity index (χ1v) is 14.2. The zero-order valence-electron chi connectivity index (χ0n) is 20.4. The lowest BCUT2D eigenvalue weighted by Crippen LogP contribution is -2.50. The number of hydrogen-bond acceptors (Lipinski definition) is 9. The number of piperidine rings is 1. The SMILES string of the molecule is CS(=O)(=O)c1ccc(Nc2ncnc3c2OCCN3C2CCN(C(=O)Oc3ccccc3Cl)CC2)c(F)c1. The number of amides is 1. The second-order valence-corrected chi connectivity index (χ2v) is 11.4. The lowest BCUT2D eigenvalue weighted by atomic mass is 10.0. The van der Waals surface area contributed by atoms with Gasteiger partial charge in [0, 0.05) is 25.4 Å². The van der Waals surface area contributed by atoms with E-state index in [2.05, 4.69) is 20.2 Å². The van der Waals surface area contributed by atoms with E-state index in [4.69, 9.17) is 21.1 Å². The smallest absolute Gasteiger partial charge is 0.415 e. The van der Waals surface area contributed by atoms with Crippen molar-refractivity contribution in [3.8, 4) is 11.5 Å². The number of nitrogens with one attached hydrogen (secondary N) is 1. The number of hydrogen-bond donors (Lipinski definition) is 1. The summed E-state index contributed by atoms with van der Waals surface area (Å²) in [5.74, 6) is 0.808. The molecule has 2 aliphatic rings. The summed E-state index contributed by atoms with van der Waals surface area (Å²) in [6, 6.07) is 10.6. The number of anilines is 3. The van der Waals surface area contributed by atoms with Crippen LogP contribution in [0.2, 0.25) is 5.02 Å². The molecule has 13 heteroatoms. The minimum Gasteiger partial charge on any atom is -0.485 e. The van der Waals surface area contributed by atoms with Gasteiger partial charge < -0.3 is 24.6 Å². The van der Waals surface area contributed by atoms with E-state index in [1.54, 1.807) is 29.2 Å². The van der Waals surface area contributed by atoms with E-state index in [0.717, 1.165) is 12.3 Å². The summed E-state index contributed by atoms with van der Waals surface area (Å²) < 4.78 is 49.4. The highest BCUT2D eigenvalue weighted by molar-refractivity contribution is 7.90. The van der Waals surface area contributed by atoms with Gasteiger partial charge in [-0.2, -0.15) is 0 Å². The molecule has 2 aliphatic heterocycles. The molecule has 200 valence electrons. The predicted molar refractivity (Wildman–Crippen MR) is 140 cm³/mol. The van der Waals surface area contributed by atoms with Crippen LogP contribution in [0.3, 0.4) is 0 Å². The van der Waals surface area contributed by atoms with Gasteiger partial charge in [-0.05, 0) is 43.2 Å². The molecule has 0 aliphatic carbocycles. The zero-order chi connectivity index (χ0) is 26.9. The third-order valence-corrected chi connectivity index (χ3v) is 7.88. The number of carbonyl (C=O) groups excluding carboxylic acids is 1. The van der Waals surface area contributed by atoms with Gasteiger partial charge >= 0.3 is 6.09 Å². The molecule has 0 saturated carbocycles. The quantitative estimate of drug-likeness (QED) is 0.487. The van der Waals surface area contributed by atoms with Crippen molar-refractivity contribution in [2.45, 2.75) is 23.8 Å². The maximum atomic E-state index is 14.7. The van der Waals surface area contributed by atoms with Crippen molar-refractivity contribution in [3.05, 3.63) is 59.6 Å². The number of fused-ring (bicyclic) bond motifs is 1. The number of sulfone groups is 1. The summed E-state index contributed by atoms with van der Waals surface area (Å²) in [6.07, 6.45) is 3.31. The first-order chi connectivity index (χ1) is 18.2. The van der Waals surface area contributed by atoms with Gasteiger partial charge in [-0.25, -0.2) is 27.6 Å². The van der Waals surface area contributed by atoms with Crippen LogP contribution >= 0.6 is 11.6 Å². The van der Waals surface area contributed by atoms with Crippen molar-refractivity contribution >= 4 is 44.9 Å². The molecule has 0 radical (unpaired) electrons. The standard InChI is InChI=1S/C25H25ClFN5O5S/c1-38(34,35)17-6-7-20(19(27)14-17)30-23-22-24(29-15-28-23)32(12-13-36-22)16-8-10-31(11-9-16)25(33)37-21-5-3-2-4-18(21)26/h2-7,14-16H,8-13H2,1H3,(H,28,29,30). The fourth-order valence-corrected chi connectivity index (χ4v) is 5.31. The second kappa shape index (κ2) is 10.6. The Morgan fingerprint density at radius 3 is 2.63 bits per heavy atom. The Kier molecular flexibility index (Phi) is 7.26. The average Bonchev–Trinajstić information content (AvgIpc) is 2.90. The van der Waals surface area contributed by atoms with E-state index in [9.17, 15) is 17.6 Å². The average molecular weight is 562 g/mol. The number of likely N-dealkylation sites (tertiary alicyclic amines) is 1. The lowest BCUT2D eigenvalue weighted by molar-refractivity contribution is 0.137. The molecule has 1 N–H and O–H groups in total. The van der Waals surface area contributed by atoms with Crippen LogP contribution in [0.1, 0.15) is 12.8 Å². The number of rotatable bonds is 5. The number of halogens is 2. The Labute approximate surface area is 224 Å². The highest BCUT2D eigenvalue weighted by Crippen LogP contribution is 2.39. The van der Waals surface area contributed by atoms with Gasteiger partial charge in [0.15, 0.2) is 27.2 Å². The van der Waals surface area contributed by atoms with Gasteiger partial charge in [0.2, 0.25) is 5.75 Å². The van der Waals surface area contributed by atoms with Crippen molar-refractivity contribution in [2.24, 2.45) is 0 Å². The Balaban J connectivity index is 1.28. The third-order valence-electron chi connectivity index (χ3n) is 6.45. The van der Waals surface area contributed by atoms with E-state index in [1.165, 1.54) is 18.5 Å². The summed E-state index contributed by atoms with van der Waals surface area (Å²) in [5.41, 5.74) is 0.0596. The van der Waals surface area contributed by atoms with E-state index in [1.807, 2.05) is 0 Å². The molecule has 10 nitrogen and oxygen atoms in total. The Morgan fingerprint density at radius 1 is 1.16 bits per heavy atom. The van der Waals surface area contributed by atoms with Crippen LogP contribution in [-0.2, 0) is 9.84 Å². The first-order valence-electron chi connectivity index (χ1n) is 11.9. The molecule has 1 saturated heterocycles. The minimum atomic E-state index is -3.54. The largest absolute Gasteiger partial charge is 0.485 e. The van der Waals surface area contributed by atoms with Crippen LogP contribution < -0.4 is 19.7 Å². The second-order valence-electron chi connectivity index (χ2n) is 8.97. The van der Waals surface area contributed by atoms with E-state index >= 15 is 0 Å². The van der Waals surface area contributed by atoms with Crippen LogP contribution in [0.5, 0.6) is 11.5 Å². The number of carbonyl (C=O) groups is 1. The van der Waals surface area contributed by atoms with Crippen molar-refractivity contribution in [1.29, 1.82) is 0 Å². The predicted octanol–water partition coefficient (Wildman–Crippen LogP) is 4.28. The van der Waals surface area contributed by atoms with Crippen LogP contribution in [0.25, 0.3) is 0 Å². The van der Waals surface area contributed by atoms with Gasteiger partial charge in [-0.3, -0.25) is 0 Å². The Bertz CT molecular complexity index is 1470. The van der Waals surface area contributed by atoms with Crippen LogP contribution in [0.15, 0.2) is 53.7 Å². The third kappa shape index (κ3) is 5.46. The number of ether oxygens (including phenoxy) is 2. The maximum Gasteiger partial charge on any atom is 0.415 e.